The Morgan fingerprint density at radius 2 is 0.852 bits per heavy atom. The predicted octanol–water partition coefficient (Wildman–Crippen LogP) is 8.47. The van der Waals surface area contributed by atoms with Crippen molar-refractivity contribution in [2.24, 2.45) is 0 Å². The fourth-order valence-electron chi connectivity index (χ4n) is 3.42. The van der Waals surface area contributed by atoms with Crippen molar-refractivity contribution in [3.63, 3.8) is 0 Å². The average molecular weight is 524 g/mol. The zero-order chi connectivity index (χ0) is 18.4. The van der Waals surface area contributed by atoms with Crippen molar-refractivity contribution in [3.05, 3.63) is 89.6 Å². The third-order valence-electron chi connectivity index (χ3n) is 4.45. The van der Waals surface area contributed by atoms with E-state index in [0.29, 0.717) is 0 Å². The second-order valence-corrected chi connectivity index (χ2v) is 21.2. The molecule has 134 valence electrons. The number of allylic oxidation sites excluding steroid dienone is 2. The second kappa shape index (κ2) is 7.34. The zero-order valence-corrected chi connectivity index (χ0v) is 20.7. The molecule has 0 aromatic carbocycles. The van der Waals surface area contributed by atoms with E-state index in [0.717, 1.165) is 0 Å². The molecule has 0 N–H and O–H groups in total. The van der Waals surface area contributed by atoms with Crippen molar-refractivity contribution < 1.29 is 0 Å². The van der Waals surface area contributed by atoms with Crippen molar-refractivity contribution >= 4 is 96.7 Å². The van der Waals surface area contributed by atoms with Crippen molar-refractivity contribution in [3.8, 4) is 0 Å². The van der Waals surface area contributed by atoms with Gasteiger partial charge in [0.05, 0.1) is 0 Å². The molecule has 0 spiro atoms. The Hall–Kier alpha value is -0.597. The topological polar surface area (TPSA) is 0 Å². The van der Waals surface area contributed by atoms with Crippen LogP contribution in [0.2, 0.25) is 0 Å². The van der Waals surface area contributed by atoms with Gasteiger partial charge in [0.15, 0.2) is 0 Å². The molecule has 5 rings (SSSR count). The molecule has 0 aliphatic carbocycles. The molecule has 4 aromatic heterocycles. The second-order valence-electron chi connectivity index (χ2n) is 5.98. The number of hydrogen-bond donors (Lipinski definition) is 0. The van der Waals surface area contributed by atoms with Crippen LogP contribution in [0.4, 0.5) is 0 Å². The molecule has 0 saturated heterocycles. The normalized spacial score (nSPS) is 16.5. The molecular weight excluding hydrogens is 512 g/mol. The summed E-state index contributed by atoms with van der Waals surface area (Å²) in [6.45, 7) is 0. The Morgan fingerprint density at radius 1 is 0.519 bits per heavy atom. The Kier molecular flexibility index (Phi) is 5.01. The van der Waals surface area contributed by atoms with Crippen LogP contribution in [-0.2, 0) is 0 Å². The minimum absolute atomic E-state index is 1.18. The first-order valence-corrected chi connectivity index (χ1v) is 19.3. The molecule has 5 heterocycles. The van der Waals surface area contributed by atoms with Crippen LogP contribution in [0.3, 0.4) is 0 Å². The maximum absolute atomic E-state index is 7.37. The van der Waals surface area contributed by atoms with Crippen LogP contribution in [0.15, 0.2) is 70.1 Å². The number of thiophene rings is 4. The molecule has 4 aromatic rings. The molecule has 0 unspecified atom stereocenters. The average Bonchev–Trinajstić information content (AvgIpc) is 3.43. The van der Waals surface area contributed by atoms with E-state index >= 15 is 0 Å². The van der Waals surface area contributed by atoms with Crippen LogP contribution in [0.1, 0.15) is 19.5 Å². The van der Waals surface area contributed by atoms with Crippen LogP contribution in [0, 0.1) is 0 Å². The Morgan fingerprint density at radius 3 is 1.15 bits per heavy atom. The monoisotopic (exact) mass is 524 g/mol. The van der Waals surface area contributed by atoms with E-state index in [2.05, 4.69) is 70.1 Å². The molecule has 1 aliphatic rings. The van der Waals surface area contributed by atoms with E-state index in [1.807, 2.05) is 0 Å². The number of halogens is 2. The van der Waals surface area contributed by atoms with Gasteiger partial charge in [-0.3, -0.25) is 0 Å². The van der Waals surface area contributed by atoms with Gasteiger partial charge >= 0.3 is 186 Å². The predicted molar refractivity (Wildman–Crippen MR) is 128 cm³/mol. The molecule has 0 amide bonds. The van der Waals surface area contributed by atoms with Crippen LogP contribution >= 0.6 is 65.4 Å². The minimum atomic E-state index is -3.54. The van der Waals surface area contributed by atoms with Crippen LogP contribution in [0.25, 0.3) is 20.0 Å². The van der Waals surface area contributed by atoms with Gasteiger partial charge < -0.3 is 0 Å². The van der Waals surface area contributed by atoms with Gasteiger partial charge in [-0.05, 0) is 0 Å². The van der Waals surface area contributed by atoms with Crippen molar-refractivity contribution in [2.45, 2.75) is 0 Å². The van der Waals surface area contributed by atoms with Crippen LogP contribution in [-0.4, -0.2) is 11.4 Å². The Balaban J connectivity index is 1.90. The van der Waals surface area contributed by atoms with E-state index in [4.69, 9.17) is 20.0 Å². The molecule has 0 atom stereocenters. The van der Waals surface area contributed by atoms with Crippen LogP contribution in [0.5, 0.6) is 0 Å². The molecule has 7 heteroatoms. The summed E-state index contributed by atoms with van der Waals surface area (Å²) in [4.78, 5) is 4.88. The summed E-state index contributed by atoms with van der Waals surface area (Å²) in [5.41, 5.74) is 2.48. The van der Waals surface area contributed by atoms with E-state index in [-0.39, 0.29) is 0 Å². The number of rotatable bonds is 4. The summed E-state index contributed by atoms with van der Waals surface area (Å²) >= 11 is 3.42. The van der Waals surface area contributed by atoms with Gasteiger partial charge in [0.2, 0.25) is 0 Å². The zero-order valence-electron chi connectivity index (χ0n) is 13.8. The molecule has 0 bridgehead atoms. The first-order valence-electron chi connectivity index (χ1n) is 8.21. The van der Waals surface area contributed by atoms with E-state index < -0.39 is 11.4 Å². The standard InChI is InChI=1S/C20H12Cl2GeS4/c21-23(22)19(15-7-3-11-26-15)17(13-5-1-9-24-13)18(14-6-2-10-25-14)20(23)16-8-4-12-27-16/h1-12H. The molecular formula is C20H12Cl2GeS4. The summed E-state index contributed by atoms with van der Waals surface area (Å²) in [6, 6.07) is 17.0. The number of hydrogen-bond acceptors (Lipinski definition) is 4. The van der Waals surface area contributed by atoms with Crippen molar-refractivity contribution in [1.82, 2.24) is 0 Å². The maximum atomic E-state index is 7.37. The molecule has 0 radical (unpaired) electrons. The van der Waals surface area contributed by atoms with Gasteiger partial charge in [0, 0.05) is 0 Å². The third kappa shape index (κ3) is 3.06. The molecule has 1 aliphatic heterocycles. The molecule has 0 saturated carbocycles. The summed E-state index contributed by atoms with van der Waals surface area (Å²) in [6.07, 6.45) is 0. The fraction of sp³-hybridized carbons (Fsp3) is 0. The van der Waals surface area contributed by atoms with Gasteiger partial charge in [-0.25, -0.2) is 0 Å². The molecule has 27 heavy (non-hydrogen) atoms. The quantitative estimate of drug-likeness (QED) is 0.235. The third-order valence-corrected chi connectivity index (χ3v) is 17.5. The summed E-state index contributed by atoms with van der Waals surface area (Å²) < 4.78 is 2.37. The summed E-state index contributed by atoms with van der Waals surface area (Å²) in [7, 11) is 14.7. The van der Waals surface area contributed by atoms with Gasteiger partial charge in [-0.15, -0.1) is 0 Å². The van der Waals surface area contributed by atoms with Crippen molar-refractivity contribution in [2.75, 3.05) is 0 Å². The van der Waals surface area contributed by atoms with Crippen molar-refractivity contribution in [1.29, 1.82) is 0 Å². The first-order chi connectivity index (χ1) is 13.2. The molecule has 0 nitrogen and oxygen atoms in total. The Bertz CT molecular complexity index is 1030. The van der Waals surface area contributed by atoms with E-state index in [1.165, 1.54) is 39.5 Å². The van der Waals surface area contributed by atoms with E-state index in [1.54, 1.807) is 45.3 Å². The van der Waals surface area contributed by atoms with Crippen LogP contribution < -0.4 is 0 Å². The fourth-order valence-corrected chi connectivity index (χ4v) is 18.9. The summed E-state index contributed by atoms with van der Waals surface area (Å²) in [5.74, 6) is 0. The summed E-state index contributed by atoms with van der Waals surface area (Å²) in [5, 5.41) is 8.46. The van der Waals surface area contributed by atoms with Gasteiger partial charge in [-0.1, -0.05) is 0 Å². The SMILES string of the molecule is [Cl][Ge]1([Cl])[C](c2cccs2)=C(c2cccs2)C(c2cccs2)=[C]1c1cccs1. The Labute approximate surface area is 184 Å². The van der Waals surface area contributed by atoms with Gasteiger partial charge in [-0.2, -0.15) is 0 Å². The van der Waals surface area contributed by atoms with Gasteiger partial charge in [0.25, 0.3) is 0 Å². The van der Waals surface area contributed by atoms with Gasteiger partial charge in [0.1, 0.15) is 0 Å². The van der Waals surface area contributed by atoms with E-state index in [9.17, 15) is 0 Å². The first kappa shape index (κ1) is 18.4. The molecule has 0 fully saturated rings.